The van der Waals surface area contributed by atoms with E-state index in [0.717, 1.165) is 62.0 Å². The summed E-state index contributed by atoms with van der Waals surface area (Å²) in [6.07, 6.45) is 0. The van der Waals surface area contributed by atoms with Crippen LogP contribution < -0.4 is 4.90 Å². The summed E-state index contributed by atoms with van der Waals surface area (Å²) in [5, 5.41) is 2.50. The Bertz CT molecular complexity index is 3550. The fraction of sp³-hybridized carbons (Fsp3) is 0.0492. The molecule has 1 aliphatic rings. The molecule has 0 N–H and O–H groups in total. The molecule has 0 saturated heterocycles. The van der Waals surface area contributed by atoms with Crippen LogP contribution in [0.4, 0.5) is 17.2 Å². The van der Waals surface area contributed by atoms with Gasteiger partial charge in [-0.05, 0) is 99.1 Å². The van der Waals surface area contributed by atoms with Crippen molar-refractivity contribution in [3.8, 4) is 61.7 Å². The molecule has 1 aliphatic carbocycles. The lowest BCUT2D eigenvalue weighted by Crippen LogP contribution is -2.15. The van der Waals surface area contributed by atoms with Crippen molar-refractivity contribution in [2.45, 2.75) is 19.3 Å². The topological polar surface area (TPSA) is 34.0 Å². The van der Waals surface area contributed by atoms with Gasteiger partial charge in [-0.1, -0.05) is 184 Å². The average molecular weight is 833 g/mol. The predicted octanol–water partition coefficient (Wildman–Crippen LogP) is 16.0. The average Bonchev–Trinajstić information content (AvgIpc) is 3.81. The van der Waals surface area contributed by atoms with Gasteiger partial charge in [-0.3, -0.25) is 4.90 Å². The summed E-state index contributed by atoms with van der Waals surface area (Å²) in [6, 6.07) is 82.4. The van der Waals surface area contributed by atoms with Crippen LogP contribution in [-0.2, 0) is 5.41 Å². The number of aromatic nitrogens is 3. The van der Waals surface area contributed by atoms with Gasteiger partial charge in [-0.2, -0.15) is 0 Å². The lowest BCUT2D eigenvalue weighted by molar-refractivity contribution is 0.661. The first-order chi connectivity index (χ1) is 32.0. The van der Waals surface area contributed by atoms with Crippen LogP contribution in [-0.4, -0.2) is 14.5 Å². The second-order valence-electron chi connectivity index (χ2n) is 17.4. The van der Waals surface area contributed by atoms with E-state index in [4.69, 9.17) is 9.97 Å². The number of anilines is 3. The van der Waals surface area contributed by atoms with Gasteiger partial charge in [0, 0.05) is 50.4 Å². The van der Waals surface area contributed by atoms with E-state index in [1.54, 1.807) is 0 Å². The van der Waals surface area contributed by atoms with E-state index in [-0.39, 0.29) is 5.41 Å². The van der Waals surface area contributed by atoms with Crippen LogP contribution in [0.2, 0.25) is 0 Å². The molecule has 0 amide bonds. The normalized spacial score (nSPS) is 12.6. The molecule has 4 nitrogen and oxygen atoms in total. The molecule has 0 fully saturated rings. The smallest absolute Gasteiger partial charge is 0.162 e. The fourth-order valence-corrected chi connectivity index (χ4v) is 10.0. The second kappa shape index (κ2) is 15.5. The summed E-state index contributed by atoms with van der Waals surface area (Å²) in [5.74, 6) is 1.42. The molecule has 65 heavy (non-hydrogen) atoms. The Morgan fingerprint density at radius 2 is 1.00 bits per heavy atom. The number of benzene rings is 9. The highest BCUT2D eigenvalue weighted by Gasteiger charge is 2.36. The zero-order valence-electron chi connectivity index (χ0n) is 36.2. The molecule has 2 heterocycles. The van der Waals surface area contributed by atoms with Gasteiger partial charge >= 0.3 is 0 Å². The Kier molecular flexibility index (Phi) is 9.13. The van der Waals surface area contributed by atoms with Gasteiger partial charge in [0.15, 0.2) is 5.82 Å². The molecule has 2 aromatic heterocycles. The highest BCUT2D eigenvalue weighted by atomic mass is 15.2. The van der Waals surface area contributed by atoms with Gasteiger partial charge in [0.05, 0.1) is 16.7 Å². The zero-order chi connectivity index (χ0) is 43.5. The minimum atomic E-state index is -0.114. The molecule has 0 atom stereocenters. The third kappa shape index (κ3) is 6.53. The third-order valence-electron chi connectivity index (χ3n) is 13.2. The summed E-state index contributed by atoms with van der Waals surface area (Å²) in [6.45, 7) is 4.71. The predicted molar refractivity (Wildman–Crippen MR) is 270 cm³/mol. The standard InChI is InChI=1S/C61H44N4/c1-61(2)54-31-16-14-28-49(54)52-38-53-51-30-15-17-32-57(51)65(58(53)39-55(52)61)46-35-33-45(34-36-46)64(47-26-18-25-44(37-47)41-19-6-3-7-20-41)59-40-56(62-60(63-59)43-23-10-5-11-24-43)50-29-13-12-27-48(50)42-21-8-4-9-22-42/h3-40H,1-2H3. The summed E-state index contributed by atoms with van der Waals surface area (Å²) in [5.41, 5.74) is 18.1. The van der Waals surface area contributed by atoms with Gasteiger partial charge in [0.2, 0.25) is 0 Å². The molecule has 0 unspecified atom stereocenters. The molecule has 12 rings (SSSR count). The van der Waals surface area contributed by atoms with Crippen molar-refractivity contribution in [3.05, 3.63) is 242 Å². The van der Waals surface area contributed by atoms with E-state index in [9.17, 15) is 0 Å². The summed E-state index contributed by atoms with van der Waals surface area (Å²) >= 11 is 0. The maximum Gasteiger partial charge on any atom is 0.162 e. The number of nitrogens with zero attached hydrogens (tertiary/aromatic N) is 4. The van der Waals surface area contributed by atoms with Crippen molar-refractivity contribution >= 4 is 39.0 Å². The van der Waals surface area contributed by atoms with Crippen molar-refractivity contribution in [3.63, 3.8) is 0 Å². The first kappa shape index (κ1) is 38.3. The highest BCUT2D eigenvalue weighted by molar-refractivity contribution is 6.11. The van der Waals surface area contributed by atoms with Crippen molar-refractivity contribution < 1.29 is 0 Å². The molecule has 0 spiro atoms. The minimum Gasteiger partial charge on any atom is -0.309 e. The lowest BCUT2D eigenvalue weighted by Gasteiger charge is -2.26. The SMILES string of the molecule is CC1(C)c2ccccc2-c2cc3c4ccccc4n(-c4ccc(N(c5cccc(-c6ccccc6)c5)c5cc(-c6ccccc6-c6ccccc6)nc(-c6ccccc6)n5)cc4)c3cc21. The van der Waals surface area contributed by atoms with E-state index in [1.807, 2.05) is 18.2 Å². The Balaban J connectivity index is 1.06. The minimum absolute atomic E-state index is 0.114. The van der Waals surface area contributed by atoms with Crippen molar-refractivity contribution in [2.75, 3.05) is 4.90 Å². The number of rotatable bonds is 8. The molecule has 0 saturated carbocycles. The molecule has 0 aliphatic heterocycles. The quantitative estimate of drug-likeness (QED) is 0.153. The number of hydrogen-bond acceptors (Lipinski definition) is 3. The summed E-state index contributed by atoms with van der Waals surface area (Å²) in [7, 11) is 0. The fourth-order valence-electron chi connectivity index (χ4n) is 10.0. The van der Waals surface area contributed by atoms with Crippen LogP contribution in [0, 0.1) is 0 Å². The van der Waals surface area contributed by atoms with E-state index < -0.39 is 0 Å². The molecule has 11 aromatic rings. The first-order valence-electron chi connectivity index (χ1n) is 22.3. The maximum absolute atomic E-state index is 5.41. The van der Waals surface area contributed by atoms with Gasteiger partial charge in [0.25, 0.3) is 0 Å². The summed E-state index contributed by atoms with van der Waals surface area (Å²) < 4.78 is 2.44. The van der Waals surface area contributed by atoms with Crippen LogP contribution in [0.25, 0.3) is 83.5 Å². The monoisotopic (exact) mass is 832 g/mol. The van der Waals surface area contributed by atoms with Crippen LogP contribution in [0.5, 0.6) is 0 Å². The van der Waals surface area contributed by atoms with E-state index in [2.05, 4.69) is 236 Å². The molecule has 0 bridgehead atoms. The van der Waals surface area contributed by atoms with Gasteiger partial charge in [-0.25, -0.2) is 9.97 Å². The van der Waals surface area contributed by atoms with Gasteiger partial charge in [0.1, 0.15) is 5.82 Å². The Labute approximate surface area is 379 Å². The molecule has 0 radical (unpaired) electrons. The Morgan fingerprint density at radius 1 is 0.385 bits per heavy atom. The maximum atomic E-state index is 5.41. The lowest BCUT2D eigenvalue weighted by atomic mass is 9.82. The number of hydrogen-bond donors (Lipinski definition) is 0. The van der Waals surface area contributed by atoms with E-state index in [1.165, 1.54) is 44.1 Å². The highest BCUT2D eigenvalue weighted by Crippen LogP contribution is 2.51. The molecule has 4 heteroatoms. The Hall–Kier alpha value is -8.34. The summed E-state index contributed by atoms with van der Waals surface area (Å²) in [4.78, 5) is 13.0. The van der Waals surface area contributed by atoms with Crippen molar-refractivity contribution in [2.24, 2.45) is 0 Å². The van der Waals surface area contributed by atoms with Gasteiger partial charge < -0.3 is 4.57 Å². The number of para-hydroxylation sites is 1. The first-order valence-corrected chi connectivity index (χ1v) is 22.3. The molecule has 308 valence electrons. The zero-order valence-corrected chi connectivity index (χ0v) is 36.2. The number of fused-ring (bicyclic) bond motifs is 6. The van der Waals surface area contributed by atoms with Crippen molar-refractivity contribution in [1.29, 1.82) is 0 Å². The second-order valence-corrected chi connectivity index (χ2v) is 17.4. The van der Waals surface area contributed by atoms with Crippen molar-refractivity contribution in [1.82, 2.24) is 14.5 Å². The van der Waals surface area contributed by atoms with E-state index >= 15 is 0 Å². The largest absolute Gasteiger partial charge is 0.309 e. The Morgan fingerprint density at radius 3 is 1.75 bits per heavy atom. The molecular weight excluding hydrogens is 789 g/mol. The van der Waals surface area contributed by atoms with Crippen LogP contribution in [0.15, 0.2) is 231 Å². The van der Waals surface area contributed by atoms with E-state index in [0.29, 0.717) is 5.82 Å². The molecular formula is C61H44N4. The van der Waals surface area contributed by atoms with Crippen LogP contribution >= 0.6 is 0 Å². The van der Waals surface area contributed by atoms with Crippen LogP contribution in [0.1, 0.15) is 25.0 Å². The van der Waals surface area contributed by atoms with Crippen LogP contribution in [0.3, 0.4) is 0 Å². The van der Waals surface area contributed by atoms with Gasteiger partial charge in [-0.15, -0.1) is 0 Å². The third-order valence-corrected chi connectivity index (χ3v) is 13.2. The molecule has 9 aromatic carbocycles.